The van der Waals surface area contributed by atoms with Gasteiger partial charge in [0.25, 0.3) is 0 Å². The van der Waals surface area contributed by atoms with Crippen LogP contribution in [0.2, 0.25) is 0 Å². The first-order chi connectivity index (χ1) is 8.38. The van der Waals surface area contributed by atoms with Crippen LogP contribution in [0.1, 0.15) is 19.0 Å². The first-order valence-corrected chi connectivity index (χ1v) is 7.25. The fourth-order valence-corrected chi connectivity index (χ4v) is 2.70. The zero-order valence-electron chi connectivity index (χ0n) is 10.4. The van der Waals surface area contributed by atoms with Gasteiger partial charge in [0.2, 0.25) is 0 Å². The molecule has 4 nitrogen and oxygen atoms in total. The van der Waals surface area contributed by atoms with E-state index in [2.05, 4.69) is 27.5 Å². The van der Waals surface area contributed by atoms with Crippen molar-refractivity contribution in [3.05, 3.63) is 11.1 Å². The van der Waals surface area contributed by atoms with Crippen LogP contribution in [0.4, 0.5) is 5.13 Å². The van der Waals surface area contributed by atoms with Gasteiger partial charge in [0, 0.05) is 25.0 Å². The second-order valence-corrected chi connectivity index (χ2v) is 5.09. The summed E-state index contributed by atoms with van der Waals surface area (Å²) in [5.41, 5.74) is 1.19. The molecule has 1 aromatic rings. The molecule has 1 saturated heterocycles. The summed E-state index contributed by atoms with van der Waals surface area (Å²) in [6, 6.07) is 0. The van der Waals surface area contributed by atoms with Crippen molar-refractivity contribution >= 4 is 16.5 Å². The molecule has 1 N–H and O–H groups in total. The van der Waals surface area contributed by atoms with Gasteiger partial charge < -0.3 is 10.1 Å². The van der Waals surface area contributed by atoms with Crippen molar-refractivity contribution in [3.8, 4) is 0 Å². The number of hydrogen-bond acceptors (Lipinski definition) is 5. The number of rotatable bonds is 6. The van der Waals surface area contributed by atoms with Gasteiger partial charge >= 0.3 is 0 Å². The van der Waals surface area contributed by atoms with Crippen molar-refractivity contribution in [2.75, 3.05) is 44.7 Å². The predicted molar refractivity (Wildman–Crippen MR) is 71.9 cm³/mol. The van der Waals surface area contributed by atoms with Crippen molar-refractivity contribution in [2.24, 2.45) is 0 Å². The Labute approximate surface area is 107 Å². The smallest absolute Gasteiger partial charge is 0.182 e. The molecule has 0 radical (unpaired) electrons. The maximum absolute atomic E-state index is 5.32. The highest BCUT2D eigenvalue weighted by Crippen LogP contribution is 2.15. The maximum atomic E-state index is 5.32. The zero-order valence-corrected chi connectivity index (χ0v) is 11.3. The van der Waals surface area contributed by atoms with Gasteiger partial charge in [0.1, 0.15) is 0 Å². The minimum absolute atomic E-state index is 0.889. The van der Waals surface area contributed by atoms with Gasteiger partial charge in [-0.3, -0.25) is 4.90 Å². The summed E-state index contributed by atoms with van der Waals surface area (Å²) in [5.74, 6) is 0. The Morgan fingerprint density at radius 1 is 1.47 bits per heavy atom. The number of hydrogen-bond donors (Lipinski definition) is 1. The van der Waals surface area contributed by atoms with Gasteiger partial charge in [-0.1, -0.05) is 6.92 Å². The van der Waals surface area contributed by atoms with Crippen molar-refractivity contribution in [3.63, 3.8) is 0 Å². The molecule has 1 aliphatic rings. The van der Waals surface area contributed by atoms with Gasteiger partial charge in [-0.05, 0) is 19.4 Å². The zero-order chi connectivity index (χ0) is 11.9. The van der Waals surface area contributed by atoms with E-state index >= 15 is 0 Å². The standard InChI is InChI=1S/C12H21N3OS/c1-2-11-10-17-12(14-11)13-4-3-5-15-6-8-16-9-7-15/h10H,2-9H2,1H3,(H,13,14). The molecule has 17 heavy (non-hydrogen) atoms. The van der Waals surface area contributed by atoms with Crippen molar-refractivity contribution in [2.45, 2.75) is 19.8 Å². The Morgan fingerprint density at radius 2 is 2.29 bits per heavy atom. The van der Waals surface area contributed by atoms with Gasteiger partial charge in [-0.2, -0.15) is 0 Å². The number of anilines is 1. The van der Waals surface area contributed by atoms with E-state index in [4.69, 9.17) is 4.74 Å². The van der Waals surface area contributed by atoms with E-state index in [0.717, 1.165) is 50.9 Å². The van der Waals surface area contributed by atoms with Crippen LogP contribution in [0.25, 0.3) is 0 Å². The first kappa shape index (κ1) is 12.8. The summed E-state index contributed by atoms with van der Waals surface area (Å²) in [6.45, 7) is 8.24. The molecule has 0 aliphatic carbocycles. The van der Waals surface area contributed by atoms with Crippen LogP contribution in [0.3, 0.4) is 0 Å². The summed E-state index contributed by atoms with van der Waals surface area (Å²) in [6.07, 6.45) is 2.19. The SMILES string of the molecule is CCc1csc(NCCCN2CCOCC2)n1. The molecule has 2 rings (SSSR count). The minimum atomic E-state index is 0.889. The highest BCUT2D eigenvalue weighted by Gasteiger charge is 2.09. The number of aryl methyl sites for hydroxylation is 1. The minimum Gasteiger partial charge on any atom is -0.379 e. The van der Waals surface area contributed by atoms with Crippen molar-refractivity contribution in [1.29, 1.82) is 0 Å². The van der Waals surface area contributed by atoms with E-state index in [9.17, 15) is 0 Å². The number of nitrogens with one attached hydrogen (secondary N) is 1. The van der Waals surface area contributed by atoms with E-state index in [-0.39, 0.29) is 0 Å². The van der Waals surface area contributed by atoms with E-state index < -0.39 is 0 Å². The fourth-order valence-electron chi connectivity index (χ4n) is 1.87. The lowest BCUT2D eigenvalue weighted by Gasteiger charge is -2.26. The Hall–Kier alpha value is -0.650. The quantitative estimate of drug-likeness (QED) is 0.787. The van der Waals surface area contributed by atoms with Crippen LogP contribution in [-0.2, 0) is 11.2 Å². The summed E-state index contributed by atoms with van der Waals surface area (Å²) >= 11 is 1.70. The van der Waals surface area contributed by atoms with Crippen LogP contribution in [0.15, 0.2) is 5.38 Å². The van der Waals surface area contributed by atoms with Crippen molar-refractivity contribution in [1.82, 2.24) is 9.88 Å². The molecule has 0 amide bonds. The maximum Gasteiger partial charge on any atom is 0.182 e. The molecule has 2 heterocycles. The molecular formula is C12H21N3OS. The van der Waals surface area contributed by atoms with E-state index in [1.54, 1.807) is 11.3 Å². The van der Waals surface area contributed by atoms with Crippen LogP contribution in [0, 0.1) is 0 Å². The summed E-state index contributed by atoms with van der Waals surface area (Å²) in [4.78, 5) is 6.95. The summed E-state index contributed by atoms with van der Waals surface area (Å²) < 4.78 is 5.32. The molecule has 0 bridgehead atoms. The second kappa shape index (κ2) is 6.93. The van der Waals surface area contributed by atoms with Gasteiger partial charge in [0.05, 0.1) is 18.9 Å². The van der Waals surface area contributed by atoms with Gasteiger partial charge in [-0.15, -0.1) is 11.3 Å². The number of ether oxygens (including phenoxy) is 1. The molecule has 0 spiro atoms. The molecule has 96 valence electrons. The number of nitrogens with zero attached hydrogens (tertiary/aromatic N) is 2. The number of morpholine rings is 1. The highest BCUT2D eigenvalue weighted by atomic mass is 32.1. The second-order valence-electron chi connectivity index (χ2n) is 4.23. The molecule has 5 heteroatoms. The predicted octanol–water partition coefficient (Wildman–Crippen LogP) is 1.84. The molecule has 0 saturated carbocycles. The van der Waals surface area contributed by atoms with Gasteiger partial charge in [-0.25, -0.2) is 4.98 Å². The monoisotopic (exact) mass is 255 g/mol. The molecule has 1 fully saturated rings. The largest absolute Gasteiger partial charge is 0.379 e. The van der Waals surface area contributed by atoms with Crippen LogP contribution >= 0.6 is 11.3 Å². The molecule has 0 unspecified atom stereocenters. The molecule has 1 aromatic heterocycles. The summed E-state index contributed by atoms with van der Waals surface area (Å²) in [5, 5.41) is 6.58. The normalized spacial score (nSPS) is 17.2. The third kappa shape index (κ3) is 4.26. The third-order valence-corrected chi connectivity index (χ3v) is 3.79. The van der Waals surface area contributed by atoms with E-state index in [1.807, 2.05) is 0 Å². The first-order valence-electron chi connectivity index (χ1n) is 6.37. The molecule has 0 atom stereocenters. The molecule has 0 aromatic carbocycles. The van der Waals surface area contributed by atoms with Gasteiger partial charge in [0.15, 0.2) is 5.13 Å². The van der Waals surface area contributed by atoms with E-state index in [1.165, 1.54) is 12.1 Å². The van der Waals surface area contributed by atoms with Crippen LogP contribution in [0.5, 0.6) is 0 Å². The molecule has 1 aliphatic heterocycles. The molecular weight excluding hydrogens is 234 g/mol. The Morgan fingerprint density at radius 3 is 3.00 bits per heavy atom. The number of thiazole rings is 1. The van der Waals surface area contributed by atoms with Crippen LogP contribution in [-0.4, -0.2) is 49.3 Å². The number of aromatic nitrogens is 1. The Balaban J connectivity index is 1.59. The average molecular weight is 255 g/mol. The topological polar surface area (TPSA) is 37.4 Å². The fraction of sp³-hybridized carbons (Fsp3) is 0.750. The average Bonchev–Trinajstić information content (AvgIpc) is 2.84. The Bertz CT molecular complexity index is 323. The lowest BCUT2D eigenvalue weighted by atomic mass is 10.3. The highest BCUT2D eigenvalue weighted by molar-refractivity contribution is 7.13. The van der Waals surface area contributed by atoms with Crippen LogP contribution < -0.4 is 5.32 Å². The Kier molecular flexibility index (Phi) is 5.22. The lowest BCUT2D eigenvalue weighted by Crippen LogP contribution is -2.37. The third-order valence-electron chi connectivity index (χ3n) is 2.95. The van der Waals surface area contributed by atoms with Crippen molar-refractivity contribution < 1.29 is 4.74 Å². The van der Waals surface area contributed by atoms with E-state index in [0.29, 0.717) is 0 Å². The summed E-state index contributed by atoms with van der Waals surface area (Å²) in [7, 11) is 0. The lowest BCUT2D eigenvalue weighted by molar-refractivity contribution is 0.0378.